The molecule has 3 rings (SSSR count). The lowest BCUT2D eigenvalue weighted by Gasteiger charge is -2.37. The number of nitrogens with zero attached hydrogens (tertiary/aromatic N) is 3. The topological polar surface area (TPSA) is 122 Å². The molecule has 0 radical (unpaired) electrons. The third kappa shape index (κ3) is 6.68. The standard InChI is InChI=1S/C18H19N3O4.CH3NS.CH4O/c1-25-18-12-17(3-2-14(18)13-22)20-10-8-19(9-11-20)15-4-6-16(7-5-15)21(23)24;2-1-3;1-2/h2-7,12-13H,8-11H2,1H3;1H,(H2,2,3);2H,1H3. The van der Waals surface area contributed by atoms with E-state index in [1.807, 2.05) is 12.1 Å². The molecule has 0 aromatic heterocycles. The Morgan fingerprint density at radius 2 is 1.53 bits per heavy atom. The second-order valence-electron chi connectivity index (χ2n) is 5.93. The third-order valence-corrected chi connectivity index (χ3v) is 4.41. The van der Waals surface area contributed by atoms with Gasteiger partial charge in [-0.15, -0.1) is 0 Å². The van der Waals surface area contributed by atoms with Gasteiger partial charge in [-0.1, -0.05) is 12.2 Å². The van der Waals surface area contributed by atoms with Gasteiger partial charge in [-0.25, -0.2) is 0 Å². The number of hydrogen-bond donors (Lipinski definition) is 2. The van der Waals surface area contributed by atoms with Crippen molar-refractivity contribution in [1.29, 1.82) is 0 Å². The lowest BCUT2D eigenvalue weighted by atomic mass is 10.1. The van der Waals surface area contributed by atoms with Crippen LogP contribution >= 0.6 is 12.2 Å². The molecule has 0 bridgehead atoms. The molecule has 1 heterocycles. The molecule has 1 fully saturated rings. The molecule has 3 N–H and O–H groups in total. The highest BCUT2D eigenvalue weighted by Crippen LogP contribution is 2.27. The summed E-state index contributed by atoms with van der Waals surface area (Å²) in [7, 11) is 2.55. The van der Waals surface area contributed by atoms with Gasteiger partial charge in [0.25, 0.3) is 5.69 Å². The molecule has 10 heteroatoms. The number of nitro groups is 1. The average molecular weight is 435 g/mol. The Hall–Kier alpha value is -3.24. The summed E-state index contributed by atoms with van der Waals surface area (Å²) in [5.41, 5.74) is 8.26. The van der Waals surface area contributed by atoms with Crippen LogP contribution in [-0.2, 0) is 0 Å². The van der Waals surface area contributed by atoms with Crippen molar-refractivity contribution < 1.29 is 19.6 Å². The maximum Gasteiger partial charge on any atom is 0.269 e. The molecule has 0 unspecified atom stereocenters. The van der Waals surface area contributed by atoms with Crippen LogP contribution < -0.4 is 20.3 Å². The number of carbonyl (C=O) groups is 1. The molecule has 2 aromatic carbocycles. The summed E-state index contributed by atoms with van der Waals surface area (Å²) >= 11 is 4.05. The van der Waals surface area contributed by atoms with Crippen molar-refractivity contribution in [2.45, 2.75) is 0 Å². The summed E-state index contributed by atoms with van der Waals surface area (Å²) in [6.45, 7) is 3.27. The number of benzene rings is 2. The predicted molar refractivity (Wildman–Crippen MR) is 122 cm³/mol. The first kappa shape index (κ1) is 24.8. The number of nitrogens with two attached hydrogens (primary N) is 1. The van der Waals surface area contributed by atoms with Crippen LogP contribution in [-0.4, -0.2) is 62.2 Å². The van der Waals surface area contributed by atoms with Crippen molar-refractivity contribution in [3.05, 3.63) is 58.1 Å². The van der Waals surface area contributed by atoms with Crippen LogP contribution in [0, 0.1) is 10.1 Å². The maximum atomic E-state index is 11.0. The predicted octanol–water partition coefficient (Wildman–Crippen LogP) is 2.25. The largest absolute Gasteiger partial charge is 0.496 e. The fraction of sp³-hybridized carbons (Fsp3) is 0.300. The molecule has 0 aliphatic carbocycles. The molecule has 1 aliphatic rings. The van der Waals surface area contributed by atoms with Crippen LogP contribution in [0.5, 0.6) is 5.75 Å². The Labute approximate surface area is 180 Å². The van der Waals surface area contributed by atoms with Crippen LogP contribution in [0.4, 0.5) is 17.1 Å². The minimum Gasteiger partial charge on any atom is -0.496 e. The Kier molecular flexibility index (Phi) is 10.8. The van der Waals surface area contributed by atoms with Gasteiger partial charge in [0, 0.05) is 62.9 Å². The first-order valence-corrected chi connectivity index (χ1v) is 9.48. The number of thiocarbonyl (C=S) groups is 1. The zero-order chi connectivity index (χ0) is 22.5. The number of carbonyl (C=O) groups excluding carboxylic acids is 1. The molecule has 0 spiro atoms. The molecule has 0 saturated carbocycles. The first-order chi connectivity index (χ1) is 14.5. The second kappa shape index (κ2) is 13.1. The summed E-state index contributed by atoms with van der Waals surface area (Å²) in [4.78, 5) is 25.8. The fourth-order valence-corrected chi connectivity index (χ4v) is 3.00. The Bertz CT molecular complexity index is 824. The van der Waals surface area contributed by atoms with Gasteiger partial charge in [0.05, 0.1) is 23.1 Å². The van der Waals surface area contributed by atoms with Crippen molar-refractivity contribution in [2.75, 3.05) is 50.2 Å². The number of aliphatic hydroxyl groups is 1. The molecule has 2 aromatic rings. The number of piperazine rings is 1. The van der Waals surface area contributed by atoms with Gasteiger partial charge in [-0.3, -0.25) is 14.9 Å². The van der Waals surface area contributed by atoms with E-state index in [1.54, 1.807) is 25.3 Å². The number of methoxy groups -OCH3 is 1. The summed E-state index contributed by atoms with van der Waals surface area (Å²) in [6, 6.07) is 12.2. The van der Waals surface area contributed by atoms with E-state index in [0.717, 1.165) is 56.4 Å². The number of rotatable bonds is 5. The molecule has 1 saturated heterocycles. The minimum atomic E-state index is -0.391. The number of anilines is 2. The van der Waals surface area contributed by atoms with Crippen LogP contribution in [0.25, 0.3) is 0 Å². The van der Waals surface area contributed by atoms with Crippen molar-refractivity contribution >= 4 is 41.1 Å². The normalized spacial score (nSPS) is 12.5. The van der Waals surface area contributed by atoms with E-state index in [0.29, 0.717) is 11.3 Å². The average Bonchev–Trinajstić information content (AvgIpc) is 2.80. The zero-order valence-corrected chi connectivity index (χ0v) is 17.7. The van der Waals surface area contributed by atoms with Crippen molar-refractivity contribution in [3.8, 4) is 5.75 Å². The van der Waals surface area contributed by atoms with Crippen LogP contribution in [0.2, 0.25) is 0 Å². The maximum absolute atomic E-state index is 11.0. The number of ether oxygens (including phenoxy) is 1. The first-order valence-electron chi connectivity index (χ1n) is 9.01. The van der Waals surface area contributed by atoms with Gasteiger partial charge in [0.1, 0.15) is 5.75 Å². The highest BCUT2D eigenvalue weighted by molar-refractivity contribution is 7.78. The minimum absolute atomic E-state index is 0.102. The molecule has 30 heavy (non-hydrogen) atoms. The Morgan fingerprint density at radius 3 is 1.97 bits per heavy atom. The van der Waals surface area contributed by atoms with Gasteiger partial charge in [-0.05, 0) is 24.3 Å². The van der Waals surface area contributed by atoms with E-state index in [2.05, 4.69) is 27.8 Å². The number of non-ortho nitro benzene ring substituents is 1. The number of aliphatic hydroxyl groups excluding tert-OH is 1. The van der Waals surface area contributed by atoms with Gasteiger partial charge in [0.2, 0.25) is 0 Å². The lowest BCUT2D eigenvalue weighted by molar-refractivity contribution is -0.384. The lowest BCUT2D eigenvalue weighted by Crippen LogP contribution is -2.46. The van der Waals surface area contributed by atoms with Crippen LogP contribution in [0.3, 0.4) is 0 Å². The number of aldehydes is 1. The van der Waals surface area contributed by atoms with Crippen LogP contribution in [0.15, 0.2) is 42.5 Å². The van der Waals surface area contributed by atoms with Gasteiger partial charge in [0.15, 0.2) is 6.29 Å². The quantitative estimate of drug-likeness (QED) is 0.316. The molecule has 162 valence electrons. The van der Waals surface area contributed by atoms with E-state index in [4.69, 9.17) is 9.84 Å². The van der Waals surface area contributed by atoms with Gasteiger partial charge in [-0.2, -0.15) is 0 Å². The van der Waals surface area contributed by atoms with Gasteiger partial charge >= 0.3 is 0 Å². The Morgan fingerprint density at radius 1 is 1.07 bits per heavy atom. The van der Waals surface area contributed by atoms with E-state index >= 15 is 0 Å². The third-order valence-electron chi connectivity index (χ3n) is 4.41. The smallest absolute Gasteiger partial charge is 0.269 e. The van der Waals surface area contributed by atoms with Crippen molar-refractivity contribution in [1.82, 2.24) is 0 Å². The highest BCUT2D eigenvalue weighted by Gasteiger charge is 2.19. The Balaban J connectivity index is 0.000000826. The fourth-order valence-electron chi connectivity index (χ4n) is 3.00. The summed E-state index contributed by atoms with van der Waals surface area (Å²) in [6.07, 6.45) is 0.787. The summed E-state index contributed by atoms with van der Waals surface area (Å²) < 4.78 is 5.27. The van der Waals surface area contributed by atoms with Crippen LogP contribution in [0.1, 0.15) is 10.4 Å². The highest BCUT2D eigenvalue weighted by atomic mass is 32.1. The molecule has 0 amide bonds. The molecule has 9 nitrogen and oxygen atoms in total. The molecular weight excluding hydrogens is 408 g/mol. The zero-order valence-electron chi connectivity index (χ0n) is 16.9. The van der Waals surface area contributed by atoms with Crippen molar-refractivity contribution in [2.24, 2.45) is 5.73 Å². The molecule has 0 atom stereocenters. The molecular formula is C20H26N4O5S. The second-order valence-corrected chi connectivity index (χ2v) is 6.20. The van der Waals surface area contributed by atoms with E-state index < -0.39 is 4.92 Å². The van der Waals surface area contributed by atoms with E-state index in [1.165, 1.54) is 12.1 Å². The van der Waals surface area contributed by atoms with E-state index in [-0.39, 0.29) is 5.69 Å². The summed E-state index contributed by atoms with van der Waals surface area (Å²) in [5, 5.41) is 17.7. The number of nitro benzene ring substituents is 1. The molecule has 1 aliphatic heterocycles. The monoisotopic (exact) mass is 434 g/mol. The van der Waals surface area contributed by atoms with E-state index in [9.17, 15) is 14.9 Å². The number of hydrogen-bond acceptors (Lipinski definition) is 8. The SMILES string of the molecule is CO.COc1cc(N2CCN(c3ccc([N+](=O)[O-])cc3)CC2)ccc1C=O.NC=S. The van der Waals surface area contributed by atoms with Gasteiger partial charge < -0.3 is 25.4 Å². The van der Waals surface area contributed by atoms with Crippen molar-refractivity contribution in [3.63, 3.8) is 0 Å². The summed E-state index contributed by atoms with van der Waals surface area (Å²) in [5.74, 6) is 0.574.